The van der Waals surface area contributed by atoms with Crippen molar-refractivity contribution >= 4 is 12.2 Å². The van der Waals surface area contributed by atoms with E-state index in [0.717, 1.165) is 12.0 Å². The summed E-state index contributed by atoms with van der Waals surface area (Å²) in [5, 5.41) is 2.83. The van der Waals surface area contributed by atoms with E-state index in [-0.39, 0.29) is 18.7 Å². The Morgan fingerprint density at radius 2 is 1.82 bits per heavy atom. The minimum absolute atomic E-state index is 0.181. The van der Waals surface area contributed by atoms with E-state index in [1.807, 2.05) is 30.3 Å². The maximum atomic E-state index is 12.6. The Morgan fingerprint density at radius 1 is 1.11 bits per heavy atom. The van der Waals surface area contributed by atoms with Gasteiger partial charge in [0.05, 0.1) is 6.04 Å². The van der Waals surface area contributed by atoms with Crippen molar-refractivity contribution in [1.29, 1.82) is 0 Å². The van der Waals surface area contributed by atoms with Gasteiger partial charge in [-0.15, -0.1) is 0 Å². The second kappa shape index (κ2) is 8.82. The molecule has 3 rings (SSSR count). The molecule has 0 radical (unpaired) electrons. The average Bonchev–Trinajstić information content (AvgIpc) is 3.50. The van der Waals surface area contributed by atoms with Gasteiger partial charge in [-0.3, -0.25) is 4.89 Å². The Labute approximate surface area is 166 Å². The van der Waals surface area contributed by atoms with Crippen molar-refractivity contribution in [2.75, 3.05) is 13.1 Å². The second-order valence-electron chi connectivity index (χ2n) is 8.69. The van der Waals surface area contributed by atoms with Crippen LogP contribution in [0.25, 0.3) is 0 Å². The van der Waals surface area contributed by atoms with Crippen molar-refractivity contribution in [3.8, 4) is 0 Å². The SMILES string of the molecule is CC(C)(C)OOC(=O)NC1CC(C2CC2)CN(C(=O)OCc2ccccc2)C1. The van der Waals surface area contributed by atoms with Gasteiger partial charge in [0.25, 0.3) is 0 Å². The van der Waals surface area contributed by atoms with E-state index in [1.54, 1.807) is 25.7 Å². The first kappa shape index (κ1) is 20.5. The number of amides is 2. The lowest BCUT2D eigenvalue weighted by Gasteiger charge is -2.37. The number of benzene rings is 1. The molecule has 1 aromatic carbocycles. The maximum Gasteiger partial charge on any atom is 0.438 e. The van der Waals surface area contributed by atoms with Crippen molar-refractivity contribution in [3.05, 3.63) is 35.9 Å². The molecule has 0 spiro atoms. The first-order valence-corrected chi connectivity index (χ1v) is 9.92. The van der Waals surface area contributed by atoms with Crippen LogP contribution in [0.4, 0.5) is 9.59 Å². The summed E-state index contributed by atoms with van der Waals surface area (Å²) >= 11 is 0. The fraction of sp³-hybridized carbons (Fsp3) is 0.619. The number of nitrogens with one attached hydrogen (secondary N) is 1. The van der Waals surface area contributed by atoms with Crippen LogP contribution in [-0.2, 0) is 21.1 Å². The van der Waals surface area contributed by atoms with Crippen LogP contribution in [0.2, 0.25) is 0 Å². The molecule has 1 saturated carbocycles. The third kappa shape index (κ3) is 6.41. The van der Waals surface area contributed by atoms with Crippen LogP contribution in [0.15, 0.2) is 30.3 Å². The molecule has 1 N–H and O–H groups in total. The van der Waals surface area contributed by atoms with E-state index in [1.165, 1.54) is 12.8 Å². The van der Waals surface area contributed by atoms with Crippen molar-refractivity contribution in [2.45, 2.75) is 58.3 Å². The molecule has 7 heteroatoms. The zero-order valence-corrected chi connectivity index (χ0v) is 16.8. The first-order valence-electron chi connectivity index (χ1n) is 9.92. The Hall–Kier alpha value is -2.28. The summed E-state index contributed by atoms with van der Waals surface area (Å²) in [6.45, 7) is 6.72. The van der Waals surface area contributed by atoms with E-state index >= 15 is 0 Å². The molecular formula is C21H30N2O5. The minimum atomic E-state index is -0.631. The predicted molar refractivity (Wildman–Crippen MR) is 103 cm³/mol. The van der Waals surface area contributed by atoms with Gasteiger partial charge >= 0.3 is 12.2 Å². The van der Waals surface area contributed by atoms with Crippen molar-refractivity contribution in [3.63, 3.8) is 0 Å². The molecule has 0 aromatic heterocycles. The number of carbonyl (C=O) groups is 2. The van der Waals surface area contributed by atoms with Gasteiger partial charge in [0.1, 0.15) is 12.2 Å². The summed E-state index contributed by atoms with van der Waals surface area (Å²) in [6, 6.07) is 9.42. The number of piperidine rings is 1. The number of ether oxygens (including phenoxy) is 1. The standard InChI is InChI=1S/C21H30N2O5/c1-21(2,3)28-27-19(24)22-18-11-17(16-9-10-16)12-23(13-18)20(25)26-14-15-7-5-4-6-8-15/h4-8,16-18H,9-14H2,1-3H3,(H,22,24). The lowest BCUT2D eigenvalue weighted by Crippen LogP contribution is -2.53. The molecule has 2 aliphatic rings. The average molecular weight is 390 g/mol. The number of likely N-dealkylation sites (tertiary alicyclic amines) is 1. The molecule has 1 saturated heterocycles. The third-order valence-electron chi connectivity index (χ3n) is 4.92. The Morgan fingerprint density at radius 3 is 2.46 bits per heavy atom. The lowest BCUT2D eigenvalue weighted by molar-refractivity contribution is -0.300. The zero-order chi connectivity index (χ0) is 20.1. The van der Waals surface area contributed by atoms with Crippen LogP contribution in [0.1, 0.15) is 45.6 Å². The Kier molecular flexibility index (Phi) is 6.44. The summed E-state index contributed by atoms with van der Waals surface area (Å²) < 4.78 is 5.48. The highest BCUT2D eigenvalue weighted by molar-refractivity contribution is 5.69. The van der Waals surface area contributed by atoms with Crippen LogP contribution < -0.4 is 5.32 Å². The number of carbonyl (C=O) groups excluding carboxylic acids is 2. The molecule has 0 bridgehead atoms. The number of hydrogen-bond acceptors (Lipinski definition) is 5. The fourth-order valence-electron chi connectivity index (χ4n) is 3.47. The lowest BCUT2D eigenvalue weighted by atomic mass is 9.90. The van der Waals surface area contributed by atoms with Crippen LogP contribution in [0.5, 0.6) is 0 Å². The van der Waals surface area contributed by atoms with Gasteiger partial charge in [-0.25, -0.2) is 9.59 Å². The van der Waals surface area contributed by atoms with Crippen LogP contribution >= 0.6 is 0 Å². The monoisotopic (exact) mass is 390 g/mol. The quantitative estimate of drug-likeness (QED) is 0.610. The van der Waals surface area contributed by atoms with Crippen molar-refractivity contribution in [1.82, 2.24) is 10.2 Å². The summed E-state index contributed by atoms with van der Waals surface area (Å²) in [6.07, 6.45) is 2.22. The molecule has 28 heavy (non-hydrogen) atoms. The zero-order valence-electron chi connectivity index (χ0n) is 16.8. The Balaban J connectivity index is 1.53. The molecule has 1 aliphatic heterocycles. The summed E-state index contributed by atoms with van der Waals surface area (Å²) in [4.78, 5) is 36.2. The van der Waals surface area contributed by atoms with Crippen LogP contribution in [-0.4, -0.2) is 41.8 Å². The van der Waals surface area contributed by atoms with E-state index in [9.17, 15) is 9.59 Å². The molecule has 2 unspecified atom stereocenters. The second-order valence-corrected chi connectivity index (χ2v) is 8.69. The minimum Gasteiger partial charge on any atom is -0.445 e. The normalized spacial score (nSPS) is 22.5. The molecule has 154 valence electrons. The van der Waals surface area contributed by atoms with Gasteiger partial charge in [-0.1, -0.05) is 30.3 Å². The largest absolute Gasteiger partial charge is 0.445 e. The molecule has 2 amide bonds. The number of hydrogen-bond donors (Lipinski definition) is 1. The highest BCUT2D eigenvalue weighted by Crippen LogP contribution is 2.41. The first-order chi connectivity index (χ1) is 13.3. The maximum absolute atomic E-state index is 12.6. The molecular weight excluding hydrogens is 360 g/mol. The molecule has 2 atom stereocenters. The number of rotatable bonds is 5. The predicted octanol–water partition coefficient (Wildman–Crippen LogP) is 3.88. The van der Waals surface area contributed by atoms with Gasteiger partial charge in [-0.2, -0.15) is 4.89 Å². The van der Waals surface area contributed by atoms with E-state index in [0.29, 0.717) is 24.9 Å². The van der Waals surface area contributed by atoms with Gasteiger partial charge in [0.15, 0.2) is 0 Å². The van der Waals surface area contributed by atoms with E-state index < -0.39 is 11.7 Å². The van der Waals surface area contributed by atoms with Crippen LogP contribution in [0, 0.1) is 11.8 Å². The van der Waals surface area contributed by atoms with Gasteiger partial charge in [0.2, 0.25) is 0 Å². The van der Waals surface area contributed by atoms with Crippen LogP contribution in [0.3, 0.4) is 0 Å². The van der Waals surface area contributed by atoms with E-state index in [2.05, 4.69) is 5.32 Å². The van der Waals surface area contributed by atoms with Crippen molar-refractivity contribution in [2.24, 2.45) is 11.8 Å². The molecule has 1 aromatic rings. The topological polar surface area (TPSA) is 77.1 Å². The van der Waals surface area contributed by atoms with Gasteiger partial charge in [0, 0.05) is 13.1 Å². The van der Waals surface area contributed by atoms with Gasteiger partial charge in [-0.05, 0) is 57.4 Å². The van der Waals surface area contributed by atoms with Crippen molar-refractivity contribution < 1.29 is 24.1 Å². The summed E-state index contributed by atoms with van der Waals surface area (Å²) in [5.74, 6) is 0.989. The molecule has 7 nitrogen and oxygen atoms in total. The molecule has 1 heterocycles. The van der Waals surface area contributed by atoms with Gasteiger partial charge < -0.3 is 15.0 Å². The third-order valence-corrected chi connectivity index (χ3v) is 4.92. The summed E-state index contributed by atoms with van der Waals surface area (Å²) in [7, 11) is 0. The highest BCUT2D eigenvalue weighted by atomic mass is 17.2. The number of nitrogens with zero attached hydrogens (tertiary/aromatic N) is 1. The highest BCUT2D eigenvalue weighted by Gasteiger charge is 2.40. The smallest absolute Gasteiger partial charge is 0.438 e. The fourth-order valence-corrected chi connectivity index (χ4v) is 3.47. The summed E-state index contributed by atoms with van der Waals surface area (Å²) in [5.41, 5.74) is 0.373. The Bertz CT molecular complexity index is 669. The molecule has 2 fully saturated rings. The molecule has 1 aliphatic carbocycles. The van der Waals surface area contributed by atoms with E-state index in [4.69, 9.17) is 14.5 Å².